The minimum absolute atomic E-state index is 0.0162. The van der Waals surface area contributed by atoms with Crippen LogP contribution >= 0.6 is 11.8 Å². The summed E-state index contributed by atoms with van der Waals surface area (Å²) in [7, 11) is 0. The van der Waals surface area contributed by atoms with Crippen molar-refractivity contribution in [3.63, 3.8) is 0 Å². The lowest BCUT2D eigenvalue weighted by Gasteiger charge is -2.12. The highest BCUT2D eigenvalue weighted by Crippen LogP contribution is 2.19. The van der Waals surface area contributed by atoms with E-state index in [2.05, 4.69) is 13.8 Å². The van der Waals surface area contributed by atoms with E-state index in [0.717, 1.165) is 12.2 Å². The fourth-order valence-electron chi connectivity index (χ4n) is 1.22. The van der Waals surface area contributed by atoms with Crippen molar-refractivity contribution in [2.75, 3.05) is 5.75 Å². The van der Waals surface area contributed by atoms with Gasteiger partial charge >= 0.3 is 0 Å². The zero-order chi connectivity index (χ0) is 10.8. The van der Waals surface area contributed by atoms with Crippen LogP contribution in [0.5, 0.6) is 0 Å². The van der Waals surface area contributed by atoms with E-state index in [1.165, 1.54) is 31.0 Å². The van der Waals surface area contributed by atoms with Crippen LogP contribution in [-0.4, -0.2) is 10.9 Å². The van der Waals surface area contributed by atoms with Gasteiger partial charge in [-0.05, 0) is 12.3 Å². The van der Waals surface area contributed by atoms with Gasteiger partial charge in [0.05, 0.1) is 6.07 Å². The number of hydrogen-bond donors (Lipinski definition) is 0. The maximum absolute atomic E-state index is 11.1. The molecule has 0 saturated heterocycles. The molecule has 1 unspecified atom stereocenters. The number of rotatable bonds is 7. The van der Waals surface area contributed by atoms with Gasteiger partial charge < -0.3 is 0 Å². The van der Waals surface area contributed by atoms with Gasteiger partial charge in [0.1, 0.15) is 6.42 Å². The van der Waals surface area contributed by atoms with Crippen LogP contribution in [0.2, 0.25) is 0 Å². The van der Waals surface area contributed by atoms with E-state index in [-0.39, 0.29) is 11.5 Å². The molecule has 0 spiro atoms. The molecule has 0 N–H and O–H groups in total. The Kier molecular flexibility index (Phi) is 8.76. The van der Waals surface area contributed by atoms with Gasteiger partial charge in [0, 0.05) is 5.75 Å². The maximum Gasteiger partial charge on any atom is 0.203 e. The van der Waals surface area contributed by atoms with Crippen molar-refractivity contribution in [2.45, 2.75) is 46.0 Å². The SMILES string of the molecule is CCCCC(CC)CSC(=O)CC#N. The molecule has 0 heterocycles. The summed E-state index contributed by atoms with van der Waals surface area (Å²) in [4.78, 5) is 11.1. The van der Waals surface area contributed by atoms with E-state index in [1.54, 1.807) is 0 Å². The summed E-state index contributed by atoms with van der Waals surface area (Å²) >= 11 is 1.32. The fraction of sp³-hybridized carbons (Fsp3) is 0.818. The molecule has 0 saturated carbocycles. The maximum atomic E-state index is 11.1. The zero-order valence-corrected chi connectivity index (χ0v) is 9.90. The number of carbonyl (C=O) groups excluding carboxylic acids is 1. The average molecular weight is 213 g/mol. The van der Waals surface area contributed by atoms with Gasteiger partial charge in [-0.15, -0.1) is 0 Å². The summed E-state index contributed by atoms with van der Waals surface area (Å²) < 4.78 is 0. The molecule has 0 aromatic rings. The minimum atomic E-state index is 0.0162. The molecule has 1 atom stereocenters. The van der Waals surface area contributed by atoms with E-state index in [0.29, 0.717) is 5.92 Å². The van der Waals surface area contributed by atoms with E-state index >= 15 is 0 Å². The smallest absolute Gasteiger partial charge is 0.203 e. The van der Waals surface area contributed by atoms with Crippen LogP contribution in [0.4, 0.5) is 0 Å². The zero-order valence-electron chi connectivity index (χ0n) is 9.08. The molecule has 0 bridgehead atoms. The quantitative estimate of drug-likeness (QED) is 0.651. The third-order valence-corrected chi connectivity index (χ3v) is 3.35. The second-order valence-corrected chi connectivity index (χ2v) is 4.51. The lowest BCUT2D eigenvalue weighted by molar-refractivity contribution is -0.110. The fourth-order valence-corrected chi connectivity index (χ4v) is 2.22. The Hall–Kier alpha value is -0.490. The van der Waals surface area contributed by atoms with Crippen LogP contribution in [0.15, 0.2) is 0 Å². The Morgan fingerprint density at radius 1 is 1.50 bits per heavy atom. The predicted octanol–water partition coefficient (Wildman–Crippen LogP) is 3.38. The summed E-state index contributed by atoms with van der Waals surface area (Å²) in [5, 5.41) is 8.33. The van der Waals surface area contributed by atoms with Gasteiger partial charge in [0.15, 0.2) is 0 Å². The highest BCUT2D eigenvalue weighted by Gasteiger charge is 2.09. The second-order valence-electron chi connectivity index (χ2n) is 3.43. The highest BCUT2D eigenvalue weighted by atomic mass is 32.2. The number of nitriles is 1. The molecule has 0 aromatic carbocycles. The topological polar surface area (TPSA) is 40.9 Å². The lowest BCUT2D eigenvalue weighted by Crippen LogP contribution is -2.04. The normalized spacial score (nSPS) is 12.1. The average Bonchev–Trinajstić information content (AvgIpc) is 2.19. The van der Waals surface area contributed by atoms with Crippen LogP contribution in [0.3, 0.4) is 0 Å². The van der Waals surface area contributed by atoms with Crippen molar-refractivity contribution < 1.29 is 4.79 Å². The highest BCUT2D eigenvalue weighted by molar-refractivity contribution is 8.13. The number of carbonyl (C=O) groups is 1. The Morgan fingerprint density at radius 3 is 2.71 bits per heavy atom. The molecule has 80 valence electrons. The number of unbranched alkanes of at least 4 members (excludes halogenated alkanes) is 1. The first-order chi connectivity index (χ1) is 6.74. The summed E-state index contributed by atoms with van der Waals surface area (Å²) in [5.74, 6) is 1.53. The summed E-state index contributed by atoms with van der Waals surface area (Å²) in [6.07, 6.45) is 4.85. The van der Waals surface area contributed by atoms with E-state index in [1.807, 2.05) is 6.07 Å². The predicted molar refractivity (Wildman–Crippen MR) is 61.0 cm³/mol. The Bertz CT molecular complexity index is 198. The molecule has 0 aliphatic rings. The molecule has 0 aliphatic carbocycles. The van der Waals surface area contributed by atoms with Crippen LogP contribution in [-0.2, 0) is 4.79 Å². The molecule has 3 heteroatoms. The van der Waals surface area contributed by atoms with E-state index < -0.39 is 0 Å². The molecule has 0 fully saturated rings. The molecular formula is C11H19NOS. The van der Waals surface area contributed by atoms with Crippen molar-refractivity contribution in [1.82, 2.24) is 0 Å². The molecular weight excluding hydrogens is 194 g/mol. The Labute approximate surface area is 91.1 Å². The second kappa shape index (κ2) is 9.08. The number of thioether (sulfide) groups is 1. The molecule has 0 aromatic heterocycles. The van der Waals surface area contributed by atoms with Crippen LogP contribution in [0, 0.1) is 17.2 Å². The lowest BCUT2D eigenvalue weighted by atomic mass is 10.0. The van der Waals surface area contributed by atoms with Gasteiger partial charge in [-0.25, -0.2) is 0 Å². The van der Waals surface area contributed by atoms with Crippen molar-refractivity contribution >= 4 is 16.9 Å². The largest absolute Gasteiger partial charge is 0.286 e. The van der Waals surface area contributed by atoms with Crippen molar-refractivity contribution in [2.24, 2.45) is 5.92 Å². The van der Waals surface area contributed by atoms with Crippen LogP contribution in [0.1, 0.15) is 46.0 Å². The Balaban J connectivity index is 3.61. The third-order valence-electron chi connectivity index (χ3n) is 2.25. The number of nitrogens with zero attached hydrogens (tertiary/aromatic N) is 1. The molecule has 14 heavy (non-hydrogen) atoms. The van der Waals surface area contributed by atoms with E-state index in [9.17, 15) is 4.79 Å². The van der Waals surface area contributed by atoms with Gasteiger partial charge in [0.25, 0.3) is 0 Å². The van der Waals surface area contributed by atoms with Gasteiger partial charge in [-0.1, -0.05) is 44.9 Å². The van der Waals surface area contributed by atoms with E-state index in [4.69, 9.17) is 5.26 Å². The molecule has 0 radical (unpaired) electrons. The summed E-state index contributed by atoms with van der Waals surface area (Å²) in [5.41, 5.74) is 0. The van der Waals surface area contributed by atoms with Crippen molar-refractivity contribution in [1.29, 1.82) is 5.26 Å². The Morgan fingerprint density at radius 2 is 2.21 bits per heavy atom. The van der Waals surface area contributed by atoms with Crippen molar-refractivity contribution in [3.05, 3.63) is 0 Å². The monoisotopic (exact) mass is 213 g/mol. The summed E-state index contributed by atoms with van der Waals surface area (Å²) in [6.45, 7) is 4.34. The number of hydrogen-bond acceptors (Lipinski definition) is 3. The van der Waals surface area contributed by atoms with Crippen LogP contribution < -0.4 is 0 Å². The van der Waals surface area contributed by atoms with Gasteiger partial charge in [-0.3, -0.25) is 4.79 Å². The molecule has 2 nitrogen and oxygen atoms in total. The third kappa shape index (κ3) is 6.97. The first kappa shape index (κ1) is 13.5. The molecule has 0 amide bonds. The van der Waals surface area contributed by atoms with Crippen molar-refractivity contribution in [3.8, 4) is 6.07 Å². The van der Waals surface area contributed by atoms with Crippen LogP contribution in [0.25, 0.3) is 0 Å². The van der Waals surface area contributed by atoms with Gasteiger partial charge in [-0.2, -0.15) is 5.26 Å². The van der Waals surface area contributed by atoms with Gasteiger partial charge in [0.2, 0.25) is 5.12 Å². The minimum Gasteiger partial charge on any atom is -0.286 e. The molecule has 0 rings (SSSR count). The first-order valence-electron chi connectivity index (χ1n) is 5.27. The molecule has 0 aliphatic heterocycles. The summed E-state index contributed by atoms with van der Waals surface area (Å²) in [6, 6.07) is 1.88. The standard InChI is InChI=1S/C11H19NOS/c1-3-5-6-10(4-2)9-14-11(13)7-8-12/h10H,3-7,9H2,1-2H3. The first-order valence-corrected chi connectivity index (χ1v) is 6.25.